The summed E-state index contributed by atoms with van der Waals surface area (Å²) in [4.78, 5) is 10.2. The number of benzene rings is 2. The Morgan fingerprint density at radius 3 is 2.54 bits per heavy atom. The number of non-ortho nitro benzene ring substituents is 1. The molecule has 0 fully saturated rings. The second kappa shape index (κ2) is 8.00. The highest BCUT2D eigenvalue weighted by Crippen LogP contribution is 2.28. The molecule has 6 nitrogen and oxygen atoms in total. The second-order valence-corrected chi connectivity index (χ2v) is 5.68. The number of nitro groups is 1. The minimum atomic E-state index is -4.56. The van der Waals surface area contributed by atoms with E-state index in [1.54, 1.807) is 12.1 Å². The monoisotopic (exact) mass is 385 g/mol. The normalized spacial score (nSPS) is 10.9. The summed E-state index contributed by atoms with van der Waals surface area (Å²) in [6.07, 6.45) is -4.56. The van der Waals surface area contributed by atoms with Crippen molar-refractivity contribution >= 4 is 34.4 Å². The summed E-state index contributed by atoms with van der Waals surface area (Å²) in [5.41, 5.74) is 1.35. The molecule has 0 spiro atoms. The van der Waals surface area contributed by atoms with Crippen molar-refractivity contribution in [1.29, 1.82) is 0 Å². The molecule has 10 heteroatoms. The number of hydrogen-bond donors (Lipinski definition) is 2. The molecule has 0 amide bonds. The Labute approximate surface area is 152 Å². The predicted octanol–water partition coefficient (Wildman–Crippen LogP) is 4.65. The molecule has 2 aromatic carbocycles. The molecule has 0 saturated carbocycles. The number of ether oxygens (including phenoxy) is 1. The SMILES string of the molecule is Cc1ccccc1NC(=S)Nc1cc(OCC(F)(F)F)cc([N+](=O)[O-])c1. The first kappa shape index (κ1) is 19.4. The molecule has 0 unspecified atom stereocenters. The van der Waals surface area contributed by atoms with E-state index in [9.17, 15) is 23.3 Å². The van der Waals surface area contributed by atoms with E-state index >= 15 is 0 Å². The molecule has 138 valence electrons. The van der Waals surface area contributed by atoms with Gasteiger partial charge in [-0.15, -0.1) is 0 Å². The number of rotatable bonds is 5. The molecular weight excluding hydrogens is 371 g/mol. The maximum absolute atomic E-state index is 12.3. The van der Waals surface area contributed by atoms with E-state index in [4.69, 9.17) is 12.2 Å². The van der Waals surface area contributed by atoms with Gasteiger partial charge in [-0.25, -0.2) is 0 Å². The van der Waals surface area contributed by atoms with Gasteiger partial charge in [-0.2, -0.15) is 13.2 Å². The second-order valence-electron chi connectivity index (χ2n) is 5.27. The van der Waals surface area contributed by atoms with Gasteiger partial charge in [0.05, 0.1) is 16.7 Å². The zero-order valence-corrected chi connectivity index (χ0v) is 14.3. The largest absolute Gasteiger partial charge is 0.484 e. The third-order valence-corrected chi connectivity index (χ3v) is 3.36. The number of nitrogens with zero attached hydrogens (tertiary/aromatic N) is 1. The van der Waals surface area contributed by atoms with Gasteiger partial charge >= 0.3 is 6.18 Å². The van der Waals surface area contributed by atoms with Crippen LogP contribution in [0.1, 0.15) is 5.56 Å². The zero-order valence-electron chi connectivity index (χ0n) is 13.5. The van der Waals surface area contributed by atoms with Gasteiger partial charge < -0.3 is 15.4 Å². The Hall–Kier alpha value is -2.88. The van der Waals surface area contributed by atoms with Crippen molar-refractivity contribution in [2.24, 2.45) is 0 Å². The Morgan fingerprint density at radius 2 is 1.92 bits per heavy atom. The fraction of sp³-hybridized carbons (Fsp3) is 0.188. The number of aryl methyl sites for hydroxylation is 1. The number of thiocarbonyl (C=S) groups is 1. The van der Waals surface area contributed by atoms with Crippen molar-refractivity contribution in [3.05, 3.63) is 58.1 Å². The maximum Gasteiger partial charge on any atom is 0.422 e. The molecule has 0 aliphatic rings. The highest BCUT2D eigenvalue weighted by molar-refractivity contribution is 7.80. The first-order chi connectivity index (χ1) is 12.1. The van der Waals surface area contributed by atoms with E-state index in [0.717, 1.165) is 23.4 Å². The van der Waals surface area contributed by atoms with E-state index in [-0.39, 0.29) is 16.5 Å². The van der Waals surface area contributed by atoms with Crippen molar-refractivity contribution in [3.8, 4) is 5.75 Å². The van der Waals surface area contributed by atoms with E-state index in [0.29, 0.717) is 0 Å². The van der Waals surface area contributed by atoms with Crippen LogP contribution in [0.5, 0.6) is 5.75 Å². The molecule has 2 rings (SSSR count). The number of nitro benzene ring substituents is 1. The number of alkyl halides is 3. The third kappa shape index (κ3) is 5.88. The number of hydrogen-bond acceptors (Lipinski definition) is 4. The molecule has 0 aliphatic carbocycles. The van der Waals surface area contributed by atoms with Crippen LogP contribution in [0.25, 0.3) is 0 Å². The molecule has 0 bridgehead atoms. The lowest BCUT2D eigenvalue weighted by Gasteiger charge is -2.14. The molecule has 0 heterocycles. The highest BCUT2D eigenvalue weighted by Gasteiger charge is 2.28. The summed E-state index contributed by atoms with van der Waals surface area (Å²) >= 11 is 5.14. The average molecular weight is 385 g/mol. The van der Waals surface area contributed by atoms with Gasteiger partial charge in [0.2, 0.25) is 0 Å². The van der Waals surface area contributed by atoms with Crippen LogP contribution in [0.3, 0.4) is 0 Å². The van der Waals surface area contributed by atoms with Crippen LogP contribution in [0.4, 0.5) is 30.2 Å². The van der Waals surface area contributed by atoms with Gasteiger partial charge in [0, 0.05) is 17.8 Å². The minimum absolute atomic E-state index is 0.126. The summed E-state index contributed by atoms with van der Waals surface area (Å²) in [7, 11) is 0. The predicted molar refractivity (Wildman–Crippen MR) is 95.7 cm³/mol. The van der Waals surface area contributed by atoms with Crippen LogP contribution in [0.15, 0.2) is 42.5 Å². The average Bonchev–Trinajstić information content (AvgIpc) is 2.54. The fourth-order valence-electron chi connectivity index (χ4n) is 2.01. The molecule has 0 saturated heterocycles. The first-order valence-electron chi connectivity index (χ1n) is 7.27. The zero-order chi connectivity index (χ0) is 19.3. The molecule has 26 heavy (non-hydrogen) atoms. The van der Waals surface area contributed by atoms with Crippen molar-refractivity contribution in [2.45, 2.75) is 13.1 Å². The van der Waals surface area contributed by atoms with Gasteiger partial charge in [0.1, 0.15) is 5.75 Å². The Kier molecular flexibility index (Phi) is 5.98. The summed E-state index contributed by atoms with van der Waals surface area (Å²) in [5.74, 6) is -0.294. The van der Waals surface area contributed by atoms with Crippen molar-refractivity contribution < 1.29 is 22.8 Å². The quantitative estimate of drug-likeness (QED) is 0.443. The van der Waals surface area contributed by atoms with Gasteiger partial charge in [0.25, 0.3) is 5.69 Å². The van der Waals surface area contributed by atoms with Crippen LogP contribution in [0.2, 0.25) is 0 Å². The molecule has 0 aromatic heterocycles. The van der Waals surface area contributed by atoms with Crippen LogP contribution in [-0.2, 0) is 0 Å². The Balaban J connectivity index is 2.16. The van der Waals surface area contributed by atoms with E-state index < -0.39 is 23.4 Å². The van der Waals surface area contributed by atoms with Crippen LogP contribution < -0.4 is 15.4 Å². The topological polar surface area (TPSA) is 76.4 Å². The lowest BCUT2D eigenvalue weighted by atomic mass is 10.2. The van der Waals surface area contributed by atoms with Crippen molar-refractivity contribution in [3.63, 3.8) is 0 Å². The number of nitrogens with one attached hydrogen (secondary N) is 2. The smallest absolute Gasteiger partial charge is 0.422 e. The number of halogens is 3. The summed E-state index contributed by atoms with van der Waals surface area (Å²) in [6, 6.07) is 10.6. The highest BCUT2D eigenvalue weighted by atomic mass is 32.1. The maximum atomic E-state index is 12.3. The van der Waals surface area contributed by atoms with Gasteiger partial charge in [-0.1, -0.05) is 18.2 Å². The molecule has 2 aromatic rings. The fourth-order valence-corrected chi connectivity index (χ4v) is 2.24. The summed E-state index contributed by atoms with van der Waals surface area (Å²) in [6.45, 7) is 0.306. The van der Waals surface area contributed by atoms with E-state index in [1.165, 1.54) is 6.07 Å². The first-order valence-corrected chi connectivity index (χ1v) is 7.67. The third-order valence-electron chi connectivity index (χ3n) is 3.16. The van der Waals surface area contributed by atoms with E-state index in [1.807, 2.05) is 19.1 Å². The van der Waals surface area contributed by atoms with Crippen LogP contribution in [0, 0.1) is 17.0 Å². The Morgan fingerprint density at radius 1 is 1.23 bits per heavy atom. The van der Waals surface area contributed by atoms with Crippen LogP contribution >= 0.6 is 12.2 Å². The van der Waals surface area contributed by atoms with Gasteiger partial charge in [-0.05, 0) is 30.8 Å². The van der Waals surface area contributed by atoms with E-state index in [2.05, 4.69) is 15.4 Å². The van der Waals surface area contributed by atoms with Crippen molar-refractivity contribution in [2.75, 3.05) is 17.2 Å². The van der Waals surface area contributed by atoms with Crippen LogP contribution in [-0.4, -0.2) is 22.8 Å². The number of anilines is 2. The minimum Gasteiger partial charge on any atom is -0.484 e. The lowest BCUT2D eigenvalue weighted by Crippen LogP contribution is -2.20. The standard InChI is InChI=1S/C16H14F3N3O3S/c1-10-4-2-3-5-14(10)21-15(26)20-11-6-12(22(23)24)8-13(7-11)25-9-16(17,18)19/h2-8H,9H2,1H3,(H2,20,21,26). The van der Waals surface area contributed by atoms with Gasteiger partial charge in [0.15, 0.2) is 11.7 Å². The molecule has 0 radical (unpaired) electrons. The summed E-state index contributed by atoms with van der Waals surface area (Å²) < 4.78 is 41.4. The Bertz CT molecular complexity index is 828. The van der Waals surface area contributed by atoms with Crippen molar-refractivity contribution in [1.82, 2.24) is 0 Å². The molecule has 2 N–H and O–H groups in total. The number of para-hydroxylation sites is 1. The summed E-state index contributed by atoms with van der Waals surface area (Å²) in [5, 5.41) is 16.7. The van der Waals surface area contributed by atoms with Gasteiger partial charge in [-0.3, -0.25) is 10.1 Å². The molecule has 0 aliphatic heterocycles. The molecular formula is C16H14F3N3O3S. The molecule has 0 atom stereocenters. The lowest BCUT2D eigenvalue weighted by molar-refractivity contribution is -0.384.